The van der Waals surface area contributed by atoms with Gasteiger partial charge in [0.1, 0.15) is 18.1 Å². The monoisotopic (exact) mass is 619 g/mol. The Labute approximate surface area is 257 Å². The maximum absolute atomic E-state index is 13.9. The van der Waals surface area contributed by atoms with Gasteiger partial charge in [0.15, 0.2) is 0 Å². The number of hydrogen-bond acceptors (Lipinski definition) is 6. The maximum Gasteiger partial charge on any atom is 0.242 e. The first-order valence-corrected chi connectivity index (χ1v) is 16.1. The number of fused-ring (bicyclic) bond motifs is 1. The SMILES string of the molecule is CC(=O)N1CCN(C(=O)CN2C(=O)CSC(c3cccc(Cl)c3)c3c(-c4cccs4)nn(-c4ccc(C)cc4)c32)CC1. The summed E-state index contributed by atoms with van der Waals surface area (Å²) in [7, 11) is 0. The van der Waals surface area contributed by atoms with Crippen LogP contribution in [-0.2, 0) is 14.4 Å². The van der Waals surface area contributed by atoms with E-state index in [1.807, 2.05) is 77.6 Å². The Balaban J connectivity index is 1.50. The zero-order valence-electron chi connectivity index (χ0n) is 23.3. The van der Waals surface area contributed by atoms with Crippen LogP contribution in [0.2, 0.25) is 5.02 Å². The van der Waals surface area contributed by atoms with Gasteiger partial charge in [-0.05, 0) is 48.2 Å². The van der Waals surface area contributed by atoms with Gasteiger partial charge in [-0.3, -0.25) is 19.3 Å². The van der Waals surface area contributed by atoms with E-state index < -0.39 is 0 Å². The highest BCUT2D eigenvalue weighted by molar-refractivity contribution is 8.00. The molecule has 4 aromatic rings. The zero-order valence-corrected chi connectivity index (χ0v) is 25.7. The number of nitrogens with zero attached hydrogens (tertiary/aromatic N) is 5. The van der Waals surface area contributed by atoms with Crippen LogP contribution in [0, 0.1) is 6.92 Å². The molecule has 2 aromatic heterocycles. The van der Waals surface area contributed by atoms with Crippen molar-refractivity contribution in [2.45, 2.75) is 19.1 Å². The molecule has 1 fully saturated rings. The first kappa shape index (κ1) is 28.5. The summed E-state index contributed by atoms with van der Waals surface area (Å²) in [5.41, 5.74) is 4.54. The standard InChI is InChI=1S/C31H30ClN5O3S2/c1-20-8-10-24(11-9-20)37-31-28(29(33-37)25-7-4-16-41-25)30(22-5-3-6-23(32)17-22)42-19-27(40)36(31)18-26(39)35-14-12-34(13-15-35)21(2)38/h3-11,16-17,30H,12-15,18-19H2,1-2H3. The number of rotatable bonds is 5. The number of halogens is 1. The van der Waals surface area contributed by atoms with Gasteiger partial charge < -0.3 is 9.80 Å². The average molecular weight is 620 g/mol. The topological polar surface area (TPSA) is 78.8 Å². The quantitative estimate of drug-likeness (QED) is 0.298. The normalized spacial score (nSPS) is 17.3. The number of hydrogen-bond donors (Lipinski definition) is 0. The first-order chi connectivity index (χ1) is 20.3. The second-order valence-corrected chi connectivity index (χ2v) is 12.9. The predicted molar refractivity (Wildman–Crippen MR) is 169 cm³/mol. The summed E-state index contributed by atoms with van der Waals surface area (Å²) < 4.78 is 1.81. The van der Waals surface area contributed by atoms with Crippen LogP contribution in [0.1, 0.15) is 28.9 Å². The summed E-state index contributed by atoms with van der Waals surface area (Å²) in [5, 5.41) is 7.52. The van der Waals surface area contributed by atoms with Crippen molar-refractivity contribution in [3.63, 3.8) is 0 Å². The van der Waals surface area contributed by atoms with E-state index in [1.165, 1.54) is 11.8 Å². The van der Waals surface area contributed by atoms with Gasteiger partial charge in [0.05, 0.1) is 21.6 Å². The van der Waals surface area contributed by atoms with Crippen molar-refractivity contribution in [1.29, 1.82) is 0 Å². The minimum absolute atomic E-state index is 0.00150. The molecule has 0 spiro atoms. The molecular weight excluding hydrogens is 590 g/mol. The number of thiophene rings is 1. The number of aryl methyl sites for hydroxylation is 1. The van der Waals surface area contributed by atoms with Gasteiger partial charge in [-0.15, -0.1) is 23.1 Å². The fraction of sp³-hybridized carbons (Fsp3) is 0.290. The highest BCUT2D eigenvalue weighted by Crippen LogP contribution is 2.49. The van der Waals surface area contributed by atoms with Crippen LogP contribution < -0.4 is 4.90 Å². The Hall–Kier alpha value is -3.60. The third-order valence-corrected chi connectivity index (χ3v) is 10.0. The highest BCUT2D eigenvalue weighted by Gasteiger charge is 2.38. The van der Waals surface area contributed by atoms with Crippen molar-refractivity contribution >= 4 is 58.2 Å². The van der Waals surface area contributed by atoms with E-state index >= 15 is 0 Å². The maximum atomic E-state index is 13.9. The summed E-state index contributed by atoms with van der Waals surface area (Å²) in [6.07, 6.45) is 0. The van der Waals surface area contributed by atoms with Crippen molar-refractivity contribution in [2.75, 3.05) is 43.4 Å². The molecule has 42 heavy (non-hydrogen) atoms. The molecule has 2 aliphatic rings. The van der Waals surface area contributed by atoms with Crippen LogP contribution in [0.5, 0.6) is 0 Å². The van der Waals surface area contributed by atoms with Crippen LogP contribution in [0.3, 0.4) is 0 Å². The van der Waals surface area contributed by atoms with E-state index in [1.54, 1.807) is 33.0 Å². The van der Waals surface area contributed by atoms with Gasteiger partial charge in [0.2, 0.25) is 17.7 Å². The molecule has 2 aromatic carbocycles. The Bertz CT molecular complexity index is 1630. The molecule has 0 N–H and O–H groups in total. The third-order valence-electron chi connectivity index (χ3n) is 7.64. The summed E-state index contributed by atoms with van der Waals surface area (Å²) in [5.74, 6) is 0.472. The smallest absolute Gasteiger partial charge is 0.242 e. The number of carbonyl (C=O) groups excluding carboxylic acids is 3. The number of amides is 3. The number of thioether (sulfide) groups is 1. The lowest BCUT2D eigenvalue weighted by Crippen LogP contribution is -2.53. The van der Waals surface area contributed by atoms with Gasteiger partial charge in [-0.1, -0.05) is 47.5 Å². The van der Waals surface area contributed by atoms with Gasteiger partial charge in [0.25, 0.3) is 0 Å². The Kier molecular flexibility index (Phi) is 8.11. The average Bonchev–Trinajstić information content (AvgIpc) is 3.62. The predicted octanol–water partition coefficient (Wildman–Crippen LogP) is 5.42. The van der Waals surface area contributed by atoms with Crippen molar-refractivity contribution in [3.8, 4) is 16.3 Å². The molecule has 1 atom stereocenters. The lowest BCUT2D eigenvalue weighted by atomic mass is 10.0. The molecule has 11 heteroatoms. The molecule has 4 heterocycles. The Morgan fingerprint density at radius 3 is 2.40 bits per heavy atom. The molecule has 1 unspecified atom stereocenters. The molecule has 2 aliphatic heterocycles. The Morgan fingerprint density at radius 1 is 1.00 bits per heavy atom. The summed E-state index contributed by atoms with van der Waals surface area (Å²) in [6, 6.07) is 19.7. The van der Waals surface area contributed by atoms with E-state index in [4.69, 9.17) is 16.7 Å². The van der Waals surface area contributed by atoms with E-state index in [2.05, 4.69) is 0 Å². The first-order valence-electron chi connectivity index (χ1n) is 13.7. The lowest BCUT2D eigenvalue weighted by molar-refractivity contribution is -0.137. The zero-order chi connectivity index (χ0) is 29.4. The van der Waals surface area contributed by atoms with Crippen molar-refractivity contribution in [3.05, 3.63) is 87.8 Å². The van der Waals surface area contributed by atoms with Gasteiger partial charge in [-0.25, -0.2) is 4.68 Å². The van der Waals surface area contributed by atoms with Crippen LogP contribution in [-0.4, -0.2) is 75.8 Å². The van der Waals surface area contributed by atoms with Gasteiger partial charge in [0, 0.05) is 43.7 Å². The van der Waals surface area contributed by atoms with Crippen LogP contribution in [0.4, 0.5) is 5.82 Å². The van der Waals surface area contributed by atoms with Crippen LogP contribution in [0.25, 0.3) is 16.3 Å². The molecule has 0 saturated carbocycles. The molecule has 0 aliphatic carbocycles. The molecular formula is C31H30ClN5O3S2. The van der Waals surface area contributed by atoms with E-state index in [-0.39, 0.29) is 35.3 Å². The molecule has 6 rings (SSSR count). The highest BCUT2D eigenvalue weighted by atomic mass is 35.5. The van der Waals surface area contributed by atoms with Crippen molar-refractivity contribution in [1.82, 2.24) is 19.6 Å². The largest absolute Gasteiger partial charge is 0.339 e. The Morgan fingerprint density at radius 2 is 1.74 bits per heavy atom. The van der Waals surface area contributed by atoms with Crippen LogP contribution in [0.15, 0.2) is 66.0 Å². The second kappa shape index (κ2) is 11.9. The second-order valence-electron chi connectivity index (χ2n) is 10.4. The number of anilines is 1. The van der Waals surface area contributed by atoms with Crippen molar-refractivity contribution in [2.24, 2.45) is 0 Å². The minimum Gasteiger partial charge on any atom is -0.339 e. The van der Waals surface area contributed by atoms with Gasteiger partial charge >= 0.3 is 0 Å². The number of benzene rings is 2. The minimum atomic E-state index is -0.238. The summed E-state index contributed by atoms with van der Waals surface area (Å²) in [4.78, 5) is 45.5. The molecule has 8 nitrogen and oxygen atoms in total. The molecule has 1 saturated heterocycles. The lowest BCUT2D eigenvalue weighted by Gasteiger charge is -2.35. The number of aromatic nitrogens is 2. The molecule has 0 radical (unpaired) electrons. The molecule has 216 valence electrons. The third kappa shape index (κ3) is 5.58. The number of carbonyl (C=O) groups is 3. The molecule has 3 amide bonds. The van der Waals surface area contributed by atoms with Crippen LogP contribution >= 0.6 is 34.7 Å². The van der Waals surface area contributed by atoms with E-state index in [0.29, 0.717) is 37.0 Å². The molecule has 0 bridgehead atoms. The van der Waals surface area contributed by atoms with Gasteiger partial charge in [-0.2, -0.15) is 5.10 Å². The summed E-state index contributed by atoms with van der Waals surface area (Å²) in [6.45, 7) is 5.29. The van der Waals surface area contributed by atoms with Crippen molar-refractivity contribution < 1.29 is 14.4 Å². The number of piperazine rings is 1. The summed E-state index contributed by atoms with van der Waals surface area (Å²) >= 11 is 9.56. The fourth-order valence-corrected chi connectivity index (χ4v) is 7.53. The van der Waals surface area contributed by atoms with E-state index in [0.717, 1.165) is 32.9 Å². The fourth-order valence-electron chi connectivity index (χ4n) is 5.42. The van der Waals surface area contributed by atoms with E-state index in [9.17, 15) is 14.4 Å².